The van der Waals surface area contributed by atoms with Gasteiger partial charge >= 0.3 is 0 Å². The molecule has 5 fully saturated rings. The molecule has 1 aliphatic heterocycles. The Morgan fingerprint density at radius 1 is 1.17 bits per heavy atom. The van der Waals surface area contributed by atoms with E-state index < -0.39 is 5.60 Å². The van der Waals surface area contributed by atoms with Crippen molar-refractivity contribution in [3.8, 4) is 0 Å². The number of carbonyl (C=O) groups excluding carboxylic acids is 1. The molecule has 186 valence electrons. The molecule has 1 amide bonds. The number of benzene rings is 1. The summed E-state index contributed by atoms with van der Waals surface area (Å²) in [6, 6.07) is 7.20. The summed E-state index contributed by atoms with van der Waals surface area (Å²) in [5.41, 5.74) is 1.39. The zero-order chi connectivity index (χ0) is 24.3. The lowest BCUT2D eigenvalue weighted by Gasteiger charge is -2.58. The van der Waals surface area contributed by atoms with Gasteiger partial charge in [-0.15, -0.1) is 0 Å². The highest BCUT2D eigenvalue weighted by molar-refractivity contribution is 5.92. The van der Waals surface area contributed by atoms with Crippen molar-refractivity contribution in [2.45, 2.75) is 63.6 Å². The molecule has 2 heterocycles. The highest BCUT2D eigenvalue weighted by atomic mass is 19.1. The van der Waals surface area contributed by atoms with Crippen LogP contribution in [0.2, 0.25) is 0 Å². The van der Waals surface area contributed by atoms with Crippen molar-refractivity contribution >= 4 is 17.5 Å². The molecule has 4 aliphatic carbocycles. The van der Waals surface area contributed by atoms with Gasteiger partial charge in [-0.25, -0.2) is 14.4 Å². The smallest absolute Gasteiger partial charge is 0.270 e. The largest absolute Gasteiger partial charge is 0.390 e. The quantitative estimate of drug-likeness (QED) is 0.700. The second kappa shape index (κ2) is 8.43. The zero-order valence-corrected chi connectivity index (χ0v) is 20.5. The van der Waals surface area contributed by atoms with Crippen LogP contribution in [-0.4, -0.2) is 58.3 Å². The van der Waals surface area contributed by atoms with E-state index in [-0.39, 0.29) is 23.8 Å². The number of halogens is 1. The van der Waals surface area contributed by atoms with Crippen LogP contribution in [0.5, 0.6) is 0 Å². The first-order chi connectivity index (χ1) is 16.8. The van der Waals surface area contributed by atoms with Gasteiger partial charge in [0.05, 0.1) is 11.3 Å². The Hall–Kier alpha value is -2.74. The van der Waals surface area contributed by atoms with Crippen molar-refractivity contribution in [1.29, 1.82) is 0 Å². The van der Waals surface area contributed by atoms with Gasteiger partial charge in [0.2, 0.25) is 5.95 Å². The lowest BCUT2D eigenvalue weighted by Crippen LogP contribution is -2.61. The van der Waals surface area contributed by atoms with Gasteiger partial charge in [-0.3, -0.25) is 4.79 Å². The van der Waals surface area contributed by atoms with Gasteiger partial charge in [-0.2, -0.15) is 0 Å². The molecule has 3 atom stereocenters. The van der Waals surface area contributed by atoms with Crippen molar-refractivity contribution < 1.29 is 14.3 Å². The Morgan fingerprint density at radius 3 is 2.63 bits per heavy atom. The molecule has 7 rings (SSSR count). The molecular weight excluding hydrogens is 445 g/mol. The monoisotopic (exact) mass is 479 g/mol. The van der Waals surface area contributed by atoms with Crippen LogP contribution in [0.25, 0.3) is 0 Å². The summed E-state index contributed by atoms with van der Waals surface area (Å²) in [4.78, 5) is 26.5. The number of carbonyl (C=O) groups is 1. The van der Waals surface area contributed by atoms with Gasteiger partial charge in [-0.05, 0) is 87.5 Å². The van der Waals surface area contributed by atoms with E-state index in [1.54, 1.807) is 18.3 Å². The van der Waals surface area contributed by atoms with Crippen molar-refractivity contribution in [2.24, 2.45) is 17.8 Å². The molecule has 4 bridgehead atoms. The predicted molar refractivity (Wildman–Crippen MR) is 132 cm³/mol. The van der Waals surface area contributed by atoms with Crippen LogP contribution < -0.4 is 15.1 Å². The molecule has 2 N–H and O–H groups in total. The third kappa shape index (κ3) is 4.15. The van der Waals surface area contributed by atoms with E-state index in [1.165, 1.54) is 0 Å². The average molecular weight is 480 g/mol. The number of aryl methyl sites for hydroxylation is 1. The van der Waals surface area contributed by atoms with E-state index in [9.17, 15) is 14.3 Å². The van der Waals surface area contributed by atoms with E-state index in [2.05, 4.69) is 32.0 Å². The maximum Gasteiger partial charge on any atom is 0.270 e. The highest BCUT2D eigenvalue weighted by Gasteiger charge is 2.55. The predicted octanol–water partition coefficient (Wildman–Crippen LogP) is 3.31. The van der Waals surface area contributed by atoms with E-state index in [0.29, 0.717) is 54.7 Å². The molecule has 35 heavy (non-hydrogen) atoms. The minimum Gasteiger partial charge on any atom is -0.390 e. The van der Waals surface area contributed by atoms with Gasteiger partial charge in [0.15, 0.2) is 0 Å². The zero-order valence-electron chi connectivity index (χ0n) is 20.5. The topological polar surface area (TPSA) is 81.6 Å². The standard InChI is InChI=1S/C27H34FN5O2/c1-16-3-4-23(21(28)9-16)32-7-8-33(17(2)15-32)26-29-6-5-22(30-26)25(34)31-24-19-10-18-11-20(24)14-27(35,12-18)13-19/h3-6,9,17-20,24,35H,7-8,10-15H2,1-2H3,(H,31,34)/t17-,18?,19?,20?,24?,27?/m0/s1. The normalized spacial score (nSPS) is 33.8. The summed E-state index contributed by atoms with van der Waals surface area (Å²) in [5.74, 6) is 1.49. The van der Waals surface area contributed by atoms with E-state index in [0.717, 1.165) is 37.7 Å². The first-order valence-electron chi connectivity index (χ1n) is 12.9. The van der Waals surface area contributed by atoms with Crippen LogP contribution in [0, 0.1) is 30.5 Å². The second-order valence-electron chi connectivity index (χ2n) is 11.4. The Balaban J connectivity index is 1.13. The van der Waals surface area contributed by atoms with E-state index in [1.807, 2.05) is 19.1 Å². The van der Waals surface area contributed by atoms with Crippen LogP contribution in [0.4, 0.5) is 16.0 Å². The number of hydrogen-bond acceptors (Lipinski definition) is 6. The SMILES string of the molecule is Cc1ccc(N2CCN(c3nccc(C(=O)NC4C5CC6CC4CC(O)(C6)C5)n3)[C@@H](C)C2)c(F)c1. The molecule has 5 aliphatic rings. The number of piperazine rings is 1. The molecule has 1 aromatic heterocycles. The van der Waals surface area contributed by atoms with E-state index >= 15 is 0 Å². The molecule has 0 spiro atoms. The van der Waals surface area contributed by atoms with Crippen LogP contribution in [0.1, 0.15) is 55.1 Å². The van der Waals surface area contributed by atoms with Crippen molar-refractivity contribution in [2.75, 3.05) is 29.4 Å². The third-order valence-electron chi connectivity index (χ3n) is 8.74. The minimum absolute atomic E-state index is 0.0629. The van der Waals surface area contributed by atoms with Crippen LogP contribution >= 0.6 is 0 Å². The van der Waals surface area contributed by atoms with Crippen LogP contribution in [0.3, 0.4) is 0 Å². The van der Waals surface area contributed by atoms with Crippen LogP contribution in [-0.2, 0) is 0 Å². The molecule has 0 radical (unpaired) electrons. The summed E-state index contributed by atoms with van der Waals surface area (Å²) >= 11 is 0. The van der Waals surface area contributed by atoms with Gasteiger partial charge in [0.1, 0.15) is 11.5 Å². The maximum atomic E-state index is 14.5. The summed E-state index contributed by atoms with van der Waals surface area (Å²) in [6.45, 7) is 5.91. The number of aromatic nitrogens is 2. The lowest BCUT2D eigenvalue weighted by atomic mass is 9.52. The fraction of sp³-hybridized carbons (Fsp3) is 0.593. The summed E-state index contributed by atoms with van der Waals surface area (Å²) in [6.07, 6.45) is 6.37. The molecule has 2 aromatic rings. The first kappa shape index (κ1) is 22.7. The first-order valence-corrected chi connectivity index (χ1v) is 12.9. The molecule has 1 saturated heterocycles. The second-order valence-corrected chi connectivity index (χ2v) is 11.4. The molecule has 2 unspecified atom stereocenters. The number of aliphatic hydroxyl groups is 1. The van der Waals surface area contributed by atoms with Crippen molar-refractivity contribution in [3.63, 3.8) is 0 Å². The lowest BCUT2D eigenvalue weighted by molar-refractivity contribution is -0.136. The summed E-state index contributed by atoms with van der Waals surface area (Å²) in [7, 11) is 0. The number of anilines is 2. The van der Waals surface area contributed by atoms with Gasteiger partial charge in [0.25, 0.3) is 5.91 Å². The maximum absolute atomic E-state index is 14.5. The summed E-state index contributed by atoms with van der Waals surface area (Å²) < 4.78 is 14.5. The third-order valence-corrected chi connectivity index (χ3v) is 8.74. The number of amides is 1. The molecular formula is C27H34FN5O2. The van der Waals surface area contributed by atoms with E-state index in [4.69, 9.17) is 0 Å². The van der Waals surface area contributed by atoms with Crippen molar-refractivity contribution in [3.05, 3.63) is 47.5 Å². The van der Waals surface area contributed by atoms with Gasteiger partial charge in [0, 0.05) is 37.9 Å². The number of rotatable bonds is 4. The Bertz CT molecular complexity index is 1130. The van der Waals surface area contributed by atoms with Crippen LogP contribution in [0.15, 0.2) is 30.5 Å². The fourth-order valence-electron chi connectivity index (χ4n) is 7.40. The Labute approximate surface area is 205 Å². The molecule has 8 heteroatoms. The minimum atomic E-state index is -0.514. The molecule has 7 nitrogen and oxygen atoms in total. The van der Waals surface area contributed by atoms with Crippen molar-refractivity contribution in [1.82, 2.24) is 15.3 Å². The number of nitrogens with one attached hydrogen (secondary N) is 1. The summed E-state index contributed by atoms with van der Waals surface area (Å²) in [5, 5.41) is 14.1. The Morgan fingerprint density at radius 2 is 1.94 bits per heavy atom. The van der Waals surface area contributed by atoms with Gasteiger partial charge < -0.3 is 20.2 Å². The highest BCUT2D eigenvalue weighted by Crippen LogP contribution is 2.55. The number of nitrogens with zero attached hydrogens (tertiary/aromatic N) is 4. The molecule has 1 aromatic carbocycles. The average Bonchev–Trinajstić information content (AvgIpc) is 2.80. The Kier molecular flexibility index (Phi) is 5.47. The fourth-order valence-corrected chi connectivity index (χ4v) is 7.40. The molecule has 4 saturated carbocycles. The number of hydrogen-bond donors (Lipinski definition) is 2. The van der Waals surface area contributed by atoms with Gasteiger partial charge in [-0.1, -0.05) is 6.07 Å².